The molecule has 16 aromatic carbocycles. The van der Waals surface area contributed by atoms with Crippen LogP contribution >= 0.6 is 0 Å². The predicted molar refractivity (Wildman–Crippen MR) is 407 cm³/mol. The average molecular weight is 1220 g/mol. The lowest BCUT2D eigenvalue weighted by atomic mass is 9.80. The van der Waals surface area contributed by atoms with Gasteiger partial charge >= 0.3 is 0 Å². The Hall–Kier alpha value is -12.0. The van der Waals surface area contributed by atoms with Crippen LogP contribution in [-0.4, -0.2) is 0 Å². The summed E-state index contributed by atoms with van der Waals surface area (Å²) < 4.78 is 0. The second kappa shape index (κ2) is 24.9. The summed E-state index contributed by atoms with van der Waals surface area (Å²) in [4.78, 5) is 7.07. The first-order valence-electron chi connectivity index (χ1n) is 32.9. The molecule has 95 heavy (non-hydrogen) atoms. The van der Waals surface area contributed by atoms with E-state index in [4.69, 9.17) is 0 Å². The van der Waals surface area contributed by atoms with Gasteiger partial charge in [0.15, 0.2) is 0 Å². The third-order valence-corrected chi connectivity index (χ3v) is 18.9. The van der Waals surface area contributed by atoms with E-state index in [1.165, 1.54) is 87.6 Å². The van der Waals surface area contributed by atoms with Gasteiger partial charge in [0.05, 0.1) is 0 Å². The van der Waals surface area contributed by atoms with Crippen molar-refractivity contribution in [2.45, 2.75) is 27.7 Å². The molecule has 0 spiro atoms. The highest BCUT2D eigenvalue weighted by molar-refractivity contribution is 6.33. The lowest BCUT2D eigenvalue weighted by Gasteiger charge is -2.27. The normalized spacial score (nSPS) is 11.4. The molecule has 0 unspecified atom stereocenters. The van der Waals surface area contributed by atoms with E-state index in [1.807, 2.05) is 0 Å². The molecule has 0 N–H and O–H groups in total. The molecule has 0 aliphatic rings. The molecule has 0 aliphatic heterocycles. The van der Waals surface area contributed by atoms with Gasteiger partial charge in [0.25, 0.3) is 0 Å². The second-order valence-electron chi connectivity index (χ2n) is 25.2. The van der Waals surface area contributed by atoms with Gasteiger partial charge in [-0.1, -0.05) is 235 Å². The number of anilines is 9. The van der Waals surface area contributed by atoms with Crippen molar-refractivity contribution >= 4 is 94.3 Å². The van der Waals surface area contributed by atoms with Crippen molar-refractivity contribution in [2.24, 2.45) is 0 Å². The first-order chi connectivity index (χ1) is 46.7. The minimum atomic E-state index is 1.08. The molecule has 0 heterocycles. The minimum Gasteiger partial charge on any atom is -0.311 e. The summed E-state index contributed by atoms with van der Waals surface area (Å²) in [6.07, 6.45) is 0. The van der Waals surface area contributed by atoms with E-state index >= 15 is 0 Å². The number of para-hydroxylation sites is 2. The van der Waals surface area contributed by atoms with Gasteiger partial charge in [-0.15, -0.1) is 0 Å². The summed E-state index contributed by atoms with van der Waals surface area (Å²) >= 11 is 0. The Bertz CT molecular complexity index is 5310. The number of nitrogens with zero attached hydrogens (tertiary/aromatic N) is 3. The highest BCUT2D eigenvalue weighted by Crippen LogP contribution is 2.52. The van der Waals surface area contributed by atoms with Gasteiger partial charge in [0.1, 0.15) is 0 Å². The molecular formula is C92H69N3. The highest BCUT2D eigenvalue weighted by atomic mass is 15.2. The molecule has 0 saturated carbocycles. The summed E-state index contributed by atoms with van der Waals surface area (Å²) in [5, 5.41) is 9.61. The molecule has 16 rings (SSSR count). The molecule has 3 heteroatoms. The van der Waals surface area contributed by atoms with Crippen molar-refractivity contribution in [3.8, 4) is 55.6 Å². The summed E-state index contributed by atoms with van der Waals surface area (Å²) in [6, 6.07) is 128. The zero-order chi connectivity index (χ0) is 63.9. The van der Waals surface area contributed by atoms with Crippen molar-refractivity contribution in [3.63, 3.8) is 0 Å². The maximum absolute atomic E-state index is 2.49. The van der Waals surface area contributed by atoms with Gasteiger partial charge < -0.3 is 14.7 Å². The molecule has 0 saturated heterocycles. The van der Waals surface area contributed by atoms with Crippen LogP contribution in [-0.2, 0) is 0 Å². The van der Waals surface area contributed by atoms with Crippen LogP contribution in [0.1, 0.15) is 22.3 Å². The smallest absolute Gasteiger partial charge is 0.0462 e. The Morgan fingerprint density at radius 2 is 0.484 bits per heavy atom. The number of aryl methyl sites for hydroxylation is 4. The number of hydrogen-bond donors (Lipinski definition) is 0. The first-order valence-corrected chi connectivity index (χ1v) is 32.9. The Morgan fingerprint density at radius 1 is 0.179 bits per heavy atom. The highest BCUT2D eigenvalue weighted by Gasteiger charge is 2.25. The fourth-order valence-electron chi connectivity index (χ4n) is 13.9. The quantitative estimate of drug-likeness (QED) is 0.100. The van der Waals surface area contributed by atoms with Gasteiger partial charge in [0.2, 0.25) is 0 Å². The summed E-state index contributed by atoms with van der Waals surface area (Å²) in [5.74, 6) is 0. The van der Waals surface area contributed by atoms with E-state index in [0.717, 1.165) is 84.6 Å². The monoisotopic (exact) mass is 1220 g/mol. The van der Waals surface area contributed by atoms with E-state index in [2.05, 4.69) is 388 Å². The van der Waals surface area contributed by atoms with Gasteiger partial charge in [-0.25, -0.2) is 0 Å². The minimum absolute atomic E-state index is 1.08. The Balaban J connectivity index is 0.962. The van der Waals surface area contributed by atoms with Gasteiger partial charge in [-0.2, -0.15) is 0 Å². The Kier molecular flexibility index (Phi) is 15.2. The molecule has 0 aliphatic carbocycles. The molecule has 3 nitrogen and oxygen atoms in total. The van der Waals surface area contributed by atoms with Crippen molar-refractivity contribution in [1.29, 1.82) is 0 Å². The average Bonchev–Trinajstić information content (AvgIpc) is 0.709. The van der Waals surface area contributed by atoms with Crippen LogP contribution < -0.4 is 14.7 Å². The number of fused-ring (bicyclic) bond motifs is 7. The maximum atomic E-state index is 2.49. The lowest BCUT2D eigenvalue weighted by molar-refractivity contribution is 1.27. The molecule has 0 atom stereocenters. The SMILES string of the molecule is Cc1ccc(N(c2ccc(C)cc2)c2ccc(-c3cc(-c4ccccc4)c(-c4ccc(N(c5ccc(C)cc5)c5ccc(C)cc5)cc4)c4c5ccc(-c6ccc(N(c7ccccc7)c7ccccc7)cc6)cc5c5cc(-c6ccc7ccccc7c6)ccc5c34)cc2)cc1. The van der Waals surface area contributed by atoms with Crippen LogP contribution in [0.15, 0.2) is 346 Å². The third-order valence-electron chi connectivity index (χ3n) is 18.9. The fraction of sp³-hybridized carbons (Fsp3) is 0.0435. The van der Waals surface area contributed by atoms with E-state index in [0.29, 0.717) is 0 Å². The second-order valence-corrected chi connectivity index (χ2v) is 25.2. The van der Waals surface area contributed by atoms with Crippen molar-refractivity contribution < 1.29 is 0 Å². The van der Waals surface area contributed by atoms with Crippen LogP contribution in [0.4, 0.5) is 51.2 Å². The molecule has 0 amide bonds. The van der Waals surface area contributed by atoms with Crippen LogP contribution in [0.3, 0.4) is 0 Å². The number of rotatable bonds is 14. The molecule has 0 bridgehead atoms. The summed E-state index contributed by atoms with van der Waals surface area (Å²) in [5.41, 5.74) is 26.4. The molecule has 0 aromatic heterocycles. The largest absolute Gasteiger partial charge is 0.311 e. The van der Waals surface area contributed by atoms with Crippen LogP contribution in [0.2, 0.25) is 0 Å². The number of hydrogen-bond acceptors (Lipinski definition) is 3. The predicted octanol–water partition coefficient (Wildman–Crippen LogP) is 26.3. The zero-order valence-corrected chi connectivity index (χ0v) is 53.8. The van der Waals surface area contributed by atoms with Gasteiger partial charge in [-0.05, 0) is 260 Å². The third kappa shape index (κ3) is 11.2. The van der Waals surface area contributed by atoms with Crippen LogP contribution in [0, 0.1) is 27.7 Å². The van der Waals surface area contributed by atoms with Crippen molar-refractivity contribution in [3.05, 3.63) is 368 Å². The van der Waals surface area contributed by atoms with E-state index < -0.39 is 0 Å². The first kappa shape index (κ1) is 58.1. The number of benzene rings is 16. The lowest BCUT2D eigenvalue weighted by Crippen LogP contribution is -2.10. The molecule has 0 fully saturated rings. The Morgan fingerprint density at radius 3 is 0.926 bits per heavy atom. The topological polar surface area (TPSA) is 9.72 Å². The molecular weight excluding hydrogens is 1150 g/mol. The van der Waals surface area contributed by atoms with Gasteiger partial charge in [0, 0.05) is 51.2 Å². The van der Waals surface area contributed by atoms with Crippen LogP contribution in [0.5, 0.6) is 0 Å². The zero-order valence-electron chi connectivity index (χ0n) is 53.8. The summed E-state index contributed by atoms with van der Waals surface area (Å²) in [6.45, 7) is 8.60. The maximum Gasteiger partial charge on any atom is 0.0462 e. The van der Waals surface area contributed by atoms with Crippen molar-refractivity contribution in [2.75, 3.05) is 14.7 Å². The fourth-order valence-corrected chi connectivity index (χ4v) is 13.9. The van der Waals surface area contributed by atoms with Gasteiger partial charge in [-0.3, -0.25) is 0 Å². The Labute approximate surface area is 557 Å². The van der Waals surface area contributed by atoms with E-state index in [-0.39, 0.29) is 0 Å². The van der Waals surface area contributed by atoms with E-state index in [9.17, 15) is 0 Å². The molecule has 16 aromatic rings. The van der Waals surface area contributed by atoms with Crippen LogP contribution in [0.25, 0.3) is 98.7 Å². The molecule has 452 valence electrons. The van der Waals surface area contributed by atoms with E-state index in [1.54, 1.807) is 0 Å². The standard InChI is InChI=1S/C92H69N3/c1-62-24-42-77(43-25-62)94(78-44-26-63(2)27-45-78)82-52-36-69(37-53-82)87-61-86(68-17-8-5-9-18-68)90(70-38-54-83(55-39-70)95(79-46-28-64(3)29-47-79)80-48-30-65(4)31-49-80)92-85-57-40-73(67-34-50-81(51-35-67)93(75-20-10-6-11-21-75)76-22-12-7-13-23-76)59-89(85)88-60-74(41-56-84(88)91(87)92)72-33-32-66-16-14-15-19-71(66)58-72/h5-61H,1-4H3. The summed E-state index contributed by atoms with van der Waals surface area (Å²) in [7, 11) is 0. The molecule has 0 radical (unpaired) electrons. The van der Waals surface area contributed by atoms with Crippen molar-refractivity contribution in [1.82, 2.24) is 0 Å².